The third-order valence-corrected chi connectivity index (χ3v) is 9.76. The van der Waals surface area contributed by atoms with E-state index >= 15 is 8.78 Å². The molecule has 3 aromatic carbocycles. The average Bonchev–Trinajstić information content (AvgIpc) is 3.06. The Bertz CT molecular complexity index is 1450. The first-order valence-electron chi connectivity index (χ1n) is 16.4. The van der Waals surface area contributed by atoms with E-state index in [1.807, 2.05) is 0 Å². The van der Waals surface area contributed by atoms with Crippen LogP contribution in [0.1, 0.15) is 89.5 Å². The first-order valence-corrected chi connectivity index (χ1v) is 16.4. The van der Waals surface area contributed by atoms with Gasteiger partial charge in [-0.2, -0.15) is 4.39 Å². The molecule has 1 saturated carbocycles. The highest BCUT2D eigenvalue weighted by Gasteiger charge is 2.29. The van der Waals surface area contributed by atoms with E-state index in [-0.39, 0.29) is 16.9 Å². The minimum atomic E-state index is -1.02. The fourth-order valence-corrected chi connectivity index (χ4v) is 6.98. The second-order valence-corrected chi connectivity index (χ2v) is 12.5. The van der Waals surface area contributed by atoms with Gasteiger partial charge in [-0.3, -0.25) is 0 Å². The first-order chi connectivity index (χ1) is 21.4. The molecule has 1 fully saturated rings. The summed E-state index contributed by atoms with van der Waals surface area (Å²) in [5.74, 6) is -1.89. The molecular formula is C39H44F4O. The minimum absolute atomic E-state index is 0.0858. The summed E-state index contributed by atoms with van der Waals surface area (Å²) in [5, 5.41) is 0. The van der Waals surface area contributed by atoms with Crippen LogP contribution in [0.15, 0.2) is 67.3 Å². The quantitative estimate of drug-likeness (QED) is 0.114. The number of hydrogen-bond donors (Lipinski definition) is 0. The van der Waals surface area contributed by atoms with Gasteiger partial charge in [0.25, 0.3) is 0 Å². The maximum atomic E-state index is 15.4. The Hall–Kier alpha value is -3.34. The van der Waals surface area contributed by atoms with Gasteiger partial charge in [0, 0.05) is 16.7 Å². The zero-order valence-corrected chi connectivity index (χ0v) is 25.8. The molecule has 2 aliphatic rings. The second kappa shape index (κ2) is 15.1. The van der Waals surface area contributed by atoms with Gasteiger partial charge in [0.15, 0.2) is 23.2 Å². The van der Waals surface area contributed by atoms with Gasteiger partial charge in [0.05, 0.1) is 6.61 Å². The van der Waals surface area contributed by atoms with Gasteiger partial charge in [-0.1, -0.05) is 81.2 Å². The van der Waals surface area contributed by atoms with Gasteiger partial charge in [0.1, 0.15) is 0 Å². The van der Waals surface area contributed by atoms with Crippen LogP contribution in [0.4, 0.5) is 17.6 Å². The molecule has 234 valence electrons. The number of halogens is 4. The summed E-state index contributed by atoms with van der Waals surface area (Å²) in [7, 11) is 0. The van der Waals surface area contributed by atoms with Crippen molar-refractivity contribution in [3.05, 3.63) is 96.1 Å². The maximum absolute atomic E-state index is 15.4. The molecular weight excluding hydrogens is 560 g/mol. The third-order valence-electron chi connectivity index (χ3n) is 9.76. The van der Waals surface area contributed by atoms with Gasteiger partial charge in [-0.25, -0.2) is 13.2 Å². The molecule has 0 radical (unpaired) electrons. The molecule has 0 bridgehead atoms. The Labute approximate surface area is 260 Å². The second-order valence-electron chi connectivity index (χ2n) is 12.5. The van der Waals surface area contributed by atoms with Crippen LogP contribution in [0.5, 0.6) is 5.75 Å². The molecule has 5 heteroatoms. The molecule has 0 aromatic heterocycles. The minimum Gasteiger partial charge on any atom is -0.490 e. The summed E-state index contributed by atoms with van der Waals surface area (Å²) < 4.78 is 66.0. The molecule has 44 heavy (non-hydrogen) atoms. The van der Waals surface area contributed by atoms with Crippen LogP contribution in [-0.4, -0.2) is 6.61 Å². The van der Waals surface area contributed by atoms with E-state index in [1.165, 1.54) is 37.8 Å². The van der Waals surface area contributed by atoms with Crippen molar-refractivity contribution < 1.29 is 22.3 Å². The van der Waals surface area contributed by atoms with Gasteiger partial charge in [-0.05, 0) is 98.0 Å². The molecule has 2 aliphatic carbocycles. The topological polar surface area (TPSA) is 9.23 Å². The number of ether oxygens (including phenoxy) is 1. The van der Waals surface area contributed by atoms with Crippen LogP contribution >= 0.6 is 0 Å². The molecule has 1 nitrogen and oxygen atoms in total. The van der Waals surface area contributed by atoms with Crippen molar-refractivity contribution in [2.24, 2.45) is 17.8 Å². The normalized spacial score (nSPS) is 20.3. The van der Waals surface area contributed by atoms with E-state index in [2.05, 4.69) is 25.7 Å². The van der Waals surface area contributed by atoms with Gasteiger partial charge in [-0.15, -0.1) is 6.58 Å². The van der Waals surface area contributed by atoms with Crippen molar-refractivity contribution in [2.75, 3.05) is 6.61 Å². The van der Waals surface area contributed by atoms with Crippen molar-refractivity contribution in [1.82, 2.24) is 0 Å². The highest BCUT2D eigenvalue weighted by Crippen LogP contribution is 2.42. The molecule has 0 spiro atoms. The summed E-state index contributed by atoms with van der Waals surface area (Å²) >= 11 is 0. The van der Waals surface area contributed by atoms with Crippen molar-refractivity contribution in [3.8, 4) is 28.0 Å². The Morgan fingerprint density at radius 1 is 0.682 bits per heavy atom. The van der Waals surface area contributed by atoms with Crippen molar-refractivity contribution in [3.63, 3.8) is 0 Å². The molecule has 0 amide bonds. The monoisotopic (exact) mass is 604 g/mol. The summed E-state index contributed by atoms with van der Waals surface area (Å²) in [6.45, 7) is 6.42. The molecule has 3 aromatic rings. The fraction of sp³-hybridized carbons (Fsp3) is 0.436. The SMILES string of the molecule is C=CC1CCC(C2CC=C(c3ccc(-c4ccc(-c5ccc(OCCCCCCC)c(F)c5F)cc4)c(F)c3F)CC2)CC1. The van der Waals surface area contributed by atoms with E-state index in [9.17, 15) is 8.78 Å². The van der Waals surface area contributed by atoms with Crippen LogP contribution in [0.2, 0.25) is 0 Å². The smallest absolute Gasteiger partial charge is 0.201 e. The van der Waals surface area contributed by atoms with Crippen molar-refractivity contribution in [1.29, 1.82) is 0 Å². The Morgan fingerprint density at radius 3 is 1.89 bits per heavy atom. The molecule has 0 aliphatic heterocycles. The predicted octanol–water partition coefficient (Wildman–Crippen LogP) is 12.1. The van der Waals surface area contributed by atoms with E-state index < -0.39 is 23.3 Å². The lowest BCUT2D eigenvalue weighted by atomic mass is 9.71. The van der Waals surface area contributed by atoms with Crippen LogP contribution in [0.3, 0.4) is 0 Å². The van der Waals surface area contributed by atoms with Crippen LogP contribution in [0, 0.1) is 41.0 Å². The van der Waals surface area contributed by atoms with Crippen LogP contribution < -0.4 is 4.74 Å². The van der Waals surface area contributed by atoms with Crippen molar-refractivity contribution in [2.45, 2.75) is 84.0 Å². The van der Waals surface area contributed by atoms with Crippen LogP contribution in [0.25, 0.3) is 27.8 Å². The number of allylic oxidation sites excluding steroid dienone is 3. The Kier molecular flexibility index (Phi) is 11.0. The average molecular weight is 605 g/mol. The van der Waals surface area contributed by atoms with Gasteiger partial charge < -0.3 is 4.74 Å². The van der Waals surface area contributed by atoms with Gasteiger partial charge in [0.2, 0.25) is 5.82 Å². The molecule has 0 saturated heterocycles. The Balaban J connectivity index is 1.24. The molecule has 1 unspecified atom stereocenters. The van der Waals surface area contributed by atoms with E-state index in [1.54, 1.807) is 36.4 Å². The number of rotatable bonds is 12. The lowest BCUT2D eigenvalue weighted by molar-refractivity contribution is 0.212. The molecule has 5 rings (SSSR count). The van der Waals surface area contributed by atoms with E-state index in [0.717, 1.165) is 56.9 Å². The largest absolute Gasteiger partial charge is 0.490 e. The highest BCUT2D eigenvalue weighted by atomic mass is 19.2. The predicted molar refractivity (Wildman–Crippen MR) is 172 cm³/mol. The molecule has 1 atom stereocenters. The molecule has 0 heterocycles. The third kappa shape index (κ3) is 7.30. The lowest BCUT2D eigenvalue weighted by Gasteiger charge is -2.34. The van der Waals surface area contributed by atoms with Crippen molar-refractivity contribution >= 4 is 5.57 Å². The number of unbranched alkanes of at least 4 members (excludes halogenated alkanes) is 4. The maximum Gasteiger partial charge on any atom is 0.201 e. The van der Waals surface area contributed by atoms with E-state index in [4.69, 9.17) is 4.74 Å². The molecule has 0 N–H and O–H groups in total. The summed E-state index contributed by atoms with van der Waals surface area (Å²) in [4.78, 5) is 0. The summed E-state index contributed by atoms with van der Waals surface area (Å²) in [6, 6.07) is 12.6. The zero-order chi connectivity index (χ0) is 31.1. The zero-order valence-electron chi connectivity index (χ0n) is 25.8. The number of benzene rings is 3. The standard InChI is InChI=1S/C39H44F4O/c1-3-5-6-7-8-25-44-35-24-23-34(38(42)39(35)43)31-19-17-30(18-20-31)33-22-21-32(36(40)37(33)41)29-15-13-28(14-16-29)27-11-9-26(4-2)10-12-27/h4,15,17-24,26-28H,2-3,5-14,16,25H2,1H3. The summed E-state index contributed by atoms with van der Waals surface area (Å²) in [5.41, 5.74) is 2.34. The highest BCUT2D eigenvalue weighted by molar-refractivity contribution is 5.74. The van der Waals surface area contributed by atoms with Gasteiger partial charge >= 0.3 is 0 Å². The lowest BCUT2D eigenvalue weighted by Crippen LogP contribution is -2.22. The fourth-order valence-electron chi connectivity index (χ4n) is 6.98. The van der Waals surface area contributed by atoms with E-state index in [0.29, 0.717) is 41.1 Å². The first kappa shape index (κ1) is 32.1. The Morgan fingerprint density at radius 2 is 1.27 bits per heavy atom. The number of hydrogen-bond acceptors (Lipinski definition) is 1. The summed E-state index contributed by atoms with van der Waals surface area (Å²) in [6.07, 6.45) is 16.9. The van der Waals surface area contributed by atoms with Crippen LogP contribution in [-0.2, 0) is 0 Å².